The fourth-order valence-electron chi connectivity index (χ4n) is 3.61. The quantitative estimate of drug-likeness (QED) is 0.725. The molecule has 0 bridgehead atoms. The average molecular weight is 391 g/mol. The van der Waals surface area contributed by atoms with E-state index in [2.05, 4.69) is 10.3 Å². The zero-order chi connectivity index (χ0) is 20.1. The van der Waals surface area contributed by atoms with Crippen molar-refractivity contribution in [3.8, 4) is 11.8 Å². The van der Waals surface area contributed by atoms with Crippen molar-refractivity contribution in [2.75, 3.05) is 41.0 Å². The number of rotatable bonds is 8. The van der Waals surface area contributed by atoms with E-state index >= 15 is 0 Å². The molecule has 8 nitrogen and oxygen atoms in total. The normalized spacial score (nSPS) is 18.5. The highest BCUT2D eigenvalue weighted by Crippen LogP contribution is 2.33. The maximum atomic E-state index is 13.0. The number of carbonyl (C=O) groups is 2. The molecule has 2 fully saturated rings. The van der Waals surface area contributed by atoms with E-state index in [1.165, 1.54) is 14.2 Å². The third kappa shape index (κ3) is 4.55. The first-order valence-electron chi connectivity index (χ1n) is 9.71. The molecule has 2 aliphatic rings. The van der Waals surface area contributed by atoms with E-state index in [-0.39, 0.29) is 29.2 Å². The highest BCUT2D eigenvalue weighted by atomic mass is 16.5. The molecule has 0 spiro atoms. The van der Waals surface area contributed by atoms with Crippen LogP contribution in [0.1, 0.15) is 42.5 Å². The summed E-state index contributed by atoms with van der Waals surface area (Å²) >= 11 is 0. The van der Waals surface area contributed by atoms with Crippen LogP contribution in [0.4, 0.5) is 0 Å². The van der Waals surface area contributed by atoms with Gasteiger partial charge in [0.1, 0.15) is 5.56 Å². The first kappa shape index (κ1) is 20.4. The zero-order valence-corrected chi connectivity index (χ0v) is 16.8. The molecule has 3 rings (SSSR count). The van der Waals surface area contributed by atoms with Crippen LogP contribution >= 0.6 is 0 Å². The summed E-state index contributed by atoms with van der Waals surface area (Å²) < 4.78 is 15.6. The largest absolute Gasteiger partial charge is 0.481 e. The molecule has 154 valence electrons. The molecule has 0 unspecified atom stereocenters. The Kier molecular flexibility index (Phi) is 6.39. The number of methoxy groups -OCH3 is 3. The topological polar surface area (TPSA) is 90.0 Å². The van der Waals surface area contributed by atoms with Gasteiger partial charge >= 0.3 is 0 Å². The predicted octanol–water partition coefficient (Wildman–Crippen LogP) is 1.64. The Morgan fingerprint density at radius 1 is 1.18 bits per heavy atom. The van der Waals surface area contributed by atoms with Crippen LogP contribution in [0.2, 0.25) is 0 Å². The number of ether oxygens (including phenoxy) is 3. The Balaban J connectivity index is 1.68. The Hall–Kier alpha value is -2.35. The minimum absolute atomic E-state index is 0.124. The van der Waals surface area contributed by atoms with Gasteiger partial charge in [-0.3, -0.25) is 9.59 Å². The Labute approximate surface area is 165 Å². The van der Waals surface area contributed by atoms with Crippen LogP contribution in [0.3, 0.4) is 0 Å². The van der Waals surface area contributed by atoms with Crippen molar-refractivity contribution in [1.82, 2.24) is 15.2 Å². The summed E-state index contributed by atoms with van der Waals surface area (Å²) in [6.07, 6.45) is 4.10. The summed E-state index contributed by atoms with van der Waals surface area (Å²) in [6, 6.07) is 3.33. The molecule has 0 atom stereocenters. The molecule has 28 heavy (non-hydrogen) atoms. The first-order valence-corrected chi connectivity index (χ1v) is 9.71. The van der Waals surface area contributed by atoms with Crippen molar-refractivity contribution in [1.29, 1.82) is 0 Å². The molecule has 1 aliphatic heterocycles. The van der Waals surface area contributed by atoms with Gasteiger partial charge in [-0.15, -0.1) is 0 Å². The summed E-state index contributed by atoms with van der Waals surface area (Å²) in [7, 11) is 4.67. The van der Waals surface area contributed by atoms with Crippen LogP contribution in [0.25, 0.3) is 0 Å². The van der Waals surface area contributed by atoms with Gasteiger partial charge in [0.05, 0.1) is 14.2 Å². The number of hydrogen-bond donors (Lipinski definition) is 1. The lowest BCUT2D eigenvalue weighted by Gasteiger charge is -2.42. The van der Waals surface area contributed by atoms with Gasteiger partial charge in [0.15, 0.2) is 0 Å². The van der Waals surface area contributed by atoms with Crippen LogP contribution < -0.4 is 14.8 Å². The lowest BCUT2D eigenvalue weighted by molar-refractivity contribution is -0.125. The molecular weight excluding hydrogens is 362 g/mol. The molecule has 1 aromatic rings. The van der Waals surface area contributed by atoms with E-state index in [4.69, 9.17) is 14.2 Å². The van der Waals surface area contributed by atoms with Crippen LogP contribution in [0.5, 0.6) is 11.8 Å². The van der Waals surface area contributed by atoms with Crippen molar-refractivity contribution in [3.63, 3.8) is 0 Å². The molecule has 1 aromatic heterocycles. The lowest BCUT2D eigenvalue weighted by atomic mass is 9.84. The fourth-order valence-corrected chi connectivity index (χ4v) is 3.61. The molecule has 2 heterocycles. The predicted molar refractivity (Wildman–Crippen MR) is 103 cm³/mol. The Morgan fingerprint density at radius 3 is 2.46 bits per heavy atom. The summed E-state index contributed by atoms with van der Waals surface area (Å²) in [5.41, 5.74) is 0.101. The van der Waals surface area contributed by atoms with Crippen LogP contribution in [0.15, 0.2) is 12.1 Å². The van der Waals surface area contributed by atoms with Gasteiger partial charge in [-0.05, 0) is 38.2 Å². The molecule has 1 N–H and O–H groups in total. The minimum atomic E-state index is -0.311. The van der Waals surface area contributed by atoms with E-state index in [0.29, 0.717) is 44.0 Å². The number of pyridine rings is 1. The van der Waals surface area contributed by atoms with Crippen LogP contribution in [-0.2, 0) is 9.53 Å². The summed E-state index contributed by atoms with van der Waals surface area (Å²) in [5.74, 6) is 0.822. The van der Waals surface area contributed by atoms with Crippen molar-refractivity contribution >= 4 is 11.8 Å². The molecule has 0 aromatic carbocycles. The van der Waals surface area contributed by atoms with Crippen molar-refractivity contribution in [2.24, 2.45) is 5.92 Å². The molecule has 1 saturated carbocycles. The maximum Gasteiger partial charge on any atom is 0.259 e. The highest BCUT2D eigenvalue weighted by Gasteiger charge is 2.40. The molecule has 0 radical (unpaired) electrons. The third-order valence-corrected chi connectivity index (χ3v) is 5.60. The highest BCUT2D eigenvalue weighted by molar-refractivity contribution is 5.96. The Bertz CT molecular complexity index is 712. The van der Waals surface area contributed by atoms with E-state index in [1.54, 1.807) is 24.1 Å². The van der Waals surface area contributed by atoms with Crippen molar-refractivity contribution in [3.05, 3.63) is 17.7 Å². The van der Waals surface area contributed by atoms with Gasteiger partial charge < -0.3 is 24.4 Å². The van der Waals surface area contributed by atoms with Gasteiger partial charge in [0, 0.05) is 44.3 Å². The van der Waals surface area contributed by atoms with Crippen molar-refractivity contribution in [2.45, 2.75) is 37.6 Å². The fraction of sp³-hybridized carbons (Fsp3) is 0.650. The van der Waals surface area contributed by atoms with Crippen LogP contribution in [0, 0.1) is 5.92 Å². The molecule has 1 saturated heterocycles. The summed E-state index contributed by atoms with van der Waals surface area (Å²) in [6.45, 7) is 1.69. The van der Waals surface area contributed by atoms with E-state index in [0.717, 1.165) is 19.3 Å². The standard InChI is InChI=1S/C20H29N3O5/c1-26-13-10-20(22-17(24)14-4-5-14)8-11-23(12-9-20)19(25)15-6-7-16(27-2)21-18(15)28-3/h6-7,14H,4-5,8-13H2,1-3H3,(H,22,24). The second kappa shape index (κ2) is 8.77. The zero-order valence-electron chi connectivity index (χ0n) is 16.8. The lowest BCUT2D eigenvalue weighted by Crippen LogP contribution is -2.57. The number of piperidine rings is 1. The average Bonchev–Trinajstić information content (AvgIpc) is 3.57. The molecule has 2 amide bonds. The number of nitrogens with one attached hydrogen (secondary N) is 1. The molecular formula is C20H29N3O5. The van der Waals surface area contributed by atoms with Gasteiger partial charge in [0.2, 0.25) is 17.7 Å². The van der Waals surface area contributed by atoms with E-state index < -0.39 is 0 Å². The van der Waals surface area contributed by atoms with Gasteiger partial charge in [-0.2, -0.15) is 4.98 Å². The summed E-state index contributed by atoms with van der Waals surface area (Å²) in [4.78, 5) is 31.3. The van der Waals surface area contributed by atoms with Crippen LogP contribution in [-0.4, -0.2) is 68.3 Å². The second-order valence-corrected chi connectivity index (χ2v) is 7.49. The van der Waals surface area contributed by atoms with Gasteiger partial charge in [-0.25, -0.2) is 0 Å². The minimum Gasteiger partial charge on any atom is -0.481 e. The van der Waals surface area contributed by atoms with Crippen molar-refractivity contribution < 1.29 is 23.8 Å². The SMILES string of the molecule is COCCC1(NC(=O)C2CC2)CCN(C(=O)c2ccc(OC)nc2OC)CC1. The van der Waals surface area contributed by atoms with Gasteiger partial charge in [0.25, 0.3) is 5.91 Å². The number of carbonyl (C=O) groups excluding carboxylic acids is 2. The smallest absolute Gasteiger partial charge is 0.259 e. The Morgan fingerprint density at radius 2 is 1.89 bits per heavy atom. The monoisotopic (exact) mass is 391 g/mol. The second-order valence-electron chi connectivity index (χ2n) is 7.49. The first-order chi connectivity index (χ1) is 13.5. The number of likely N-dealkylation sites (tertiary alicyclic amines) is 1. The number of amides is 2. The number of aromatic nitrogens is 1. The number of nitrogens with zero attached hydrogens (tertiary/aromatic N) is 2. The van der Waals surface area contributed by atoms with Gasteiger partial charge in [-0.1, -0.05) is 0 Å². The summed E-state index contributed by atoms with van der Waals surface area (Å²) in [5, 5.41) is 3.26. The molecule has 1 aliphatic carbocycles. The molecule has 8 heteroatoms. The third-order valence-electron chi connectivity index (χ3n) is 5.60. The van der Waals surface area contributed by atoms with E-state index in [1.807, 2.05) is 0 Å². The van der Waals surface area contributed by atoms with E-state index in [9.17, 15) is 9.59 Å². The maximum absolute atomic E-state index is 13.0. The number of hydrogen-bond acceptors (Lipinski definition) is 6.